The standard InChI is InChI=1S/C20H22N8/c1-14-3-2-4-16(24-14)20-19(15-5-8-28-18(11-15)22-13-23-28)25-17(26-20)12-27-9-6-21-7-10-27/h2-5,8,11,13,21H,6-7,9-10,12H2,1H3,(H,25,26). The van der Waals surface area contributed by atoms with E-state index in [0.717, 1.165) is 72.5 Å². The largest absolute Gasteiger partial charge is 0.339 e. The summed E-state index contributed by atoms with van der Waals surface area (Å²) < 4.78 is 1.75. The molecule has 0 amide bonds. The number of piperazine rings is 1. The minimum absolute atomic E-state index is 0.798. The second-order valence-electron chi connectivity index (χ2n) is 7.08. The Morgan fingerprint density at radius 2 is 2.00 bits per heavy atom. The van der Waals surface area contributed by atoms with E-state index in [0.29, 0.717) is 0 Å². The van der Waals surface area contributed by atoms with Crippen LogP contribution in [0, 0.1) is 6.92 Å². The third kappa shape index (κ3) is 3.28. The van der Waals surface area contributed by atoms with Crippen molar-refractivity contribution in [2.24, 2.45) is 0 Å². The lowest BCUT2D eigenvalue weighted by atomic mass is 10.1. The Kier molecular flexibility index (Phi) is 4.34. The lowest BCUT2D eigenvalue weighted by molar-refractivity contribution is 0.228. The first-order valence-electron chi connectivity index (χ1n) is 9.52. The van der Waals surface area contributed by atoms with E-state index in [2.05, 4.69) is 25.3 Å². The van der Waals surface area contributed by atoms with E-state index in [1.807, 2.05) is 43.5 Å². The normalized spacial score (nSPS) is 15.3. The Morgan fingerprint density at radius 1 is 1.11 bits per heavy atom. The number of aromatic nitrogens is 6. The summed E-state index contributed by atoms with van der Waals surface area (Å²) in [6, 6.07) is 10.1. The smallest absolute Gasteiger partial charge is 0.155 e. The van der Waals surface area contributed by atoms with Crippen LogP contribution in [0.25, 0.3) is 28.3 Å². The summed E-state index contributed by atoms with van der Waals surface area (Å²) in [5, 5.41) is 7.57. The molecule has 4 aromatic heterocycles. The van der Waals surface area contributed by atoms with E-state index in [-0.39, 0.29) is 0 Å². The lowest BCUT2D eigenvalue weighted by Gasteiger charge is -2.26. The maximum atomic E-state index is 4.96. The quantitative estimate of drug-likeness (QED) is 0.567. The van der Waals surface area contributed by atoms with Crippen molar-refractivity contribution in [3.63, 3.8) is 0 Å². The summed E-state index contributed by atoms with van der Waals surface area (Å²) in [5.41, 5.74) is 5.52. The minimum atomic E-state index is 0.798. The van der Waals surface area contributed by atoms with Gasteiger partial charge in [0.1, 0.15) is 12.2 Å². The van der Waals surface area contributed by atoms with Gasteiger partial charge in [-0.25, -0.2) is 14.5 Å². The van der Waals surface area contributed by atoms with E-state index in [1.54, 1.807) is 10.8 Å². The van der Waals surface area contributed by atoms with Crippen LogP contribution in [-0.4, -0.2) is 60.6 Å². The number of hydrogen-bond donors (Lipinski definition) is 2. The van der Waals surface area contributed by atoms with Gasteiger partial charge in [-0.2, -0.15) is 5.10 Å². The molecule has 4 aromatic rings. The van der Waals surface area contributed by atoms with Crippen LogP contribution in [0.5, 0.6) is 0 Å². The number of fused-ring (bicyclic) bond motifs is 1. The number of pyridine rings is 2. The molecule has 8 heteroatoms. The summed E-state index contributed by atoms with van der Waals surface area (Å²) in [7, 11) is 0. The van der Waals surface area contributed by atoms with Crippen molar-refractivity contribution in [1.82, 2.24) is 39.8 Å². The first-order valence-corrected chi connectivity index (χ1v) is 9.52. The zero-order chi connectivity index (χ0) is 18.9. The van der Waals surface area contributed by atoms with Gasteiger partial charge >= 0.3 is 0 Å². The van der Waals surface area contributed by atoms with E-state index in [4.69, 9.17) is 9.97 Å². The van der Waals surface area contributed by atoms with Crippen molar-refractivity contribution in [3.8, 4) is 22.6 Å². The van der Waals surface area contributed by atoms with Gasteiger partial charge in [-0.15, -0.1) is 0 Å². The highest BCUT2D eigenvalue weighted by atomic mass is 15.3. The predicted octanol–water partition coefficient (Wildman–Crippen LogP) is 1.90. The number of hydrogen-bond acceptors (Lipinski definition) is 6. The zero-order valence-electron chi connectivity index (χ0n) is 15.8. The molecule has 1 aliphatic heterocycles. The highest BCUT2D eigenvalue weighted by Gasteiger charge is 2.18. The van der Waals surface area contributed by atoms with Crippen molar-refractivity contribution in [3.05, 3.63) is 54.4 Å². The fourth-order valence-electron chi connectivity index (χ4n) is 3.62. The van der Waals surface area contributed by atoms with E-state index >= 15 is 0 Å². The molecule has 0 bridgehead atoms. The number of rotatable bonds is 4. The van der Waals surface area contributed by atoms with Crippen molar-refractivity contribution >= 4 is 5.65 Å². The molecule has 142 valence electrons. The molecule has 0 unspecified atom stereocenters. The second-order valence-corrected chi connectivity index (χ2v) is 7.08. The summed E-state index contributed by atoms with van der Waals surface area (Å²) in [6.07, 6.45) is 3.47. The monoisotopic (exact) mass is 374 g/mol. The van der Waals surface area contributed by atoms with Crippen molar-refractivity contribution in [2.45, 2.75) is 13.5 Å². The molecule has 1 fully saturated rings. The number of H-pyrrole nitrogens is 1. The molecule has 0 saturated carbocycles. The third-order valence-electron chi connectivity index (χ3n) is 5.03. The number of imidazole rings is 1. The predicted molar refractivity (Wildman–Crippen MR) is 107 cm³/mol. The summed E-state index contributed by atoms with van der Waals surface area (Å²) in [5.74, 6) is 0.955. The van der Waals surface area contributed by atoms with E-state index in [1.165, 1.54) is 0 Å². The molecule has 5 rings (SSSR count). The summed E-state index contributed by atoms with van der Waals surface area (Å²) in [6.45, 7) is 6.89. The Bertz CT molecular complexity index is 1110. The molecule has 0 atom stereocenters. The number of nitrogens with one attached hydrogen (secondary N) is 2. The second kappa shape index (κ2) is 7.14. The molecule has 0 aromatic carbocycles. The molecule has 5 heterocycles. The van der Waals surface area contributed by atoms with Crippen LogP contribution in [0.15, 0.2) is 42.9 Å². The van der Waals surface area contributed by atoms with E-state index < -0.39 is 0 Å². The Balaban J connectivity index is 1.58. The molecule has 0 aliphatic carbocycles. The Hall–Kier alpha value is -3.10. The van der Waals surface area contributed by atoms with Gasteiger partial charge < -0.3 is 10.3 Å². The minimum Gasteiger partial charge on any atom is -0.339 e. The lowest BCUT2D eigenvalue weighted by Crippen LogP contribution is -2.43. The van der Waals surface area contributed by atoms with Crippen LogP contribution in [0.1, 0.15) is 11.5 Å². The molecule has 0 spiro atoms. The highest BCUT2D eigenvalue weighted by molar-refractivity contribution is 5.78. The average Bonchev–Trinajstić information content (AvgIpc) is 3.35. The SMILES string of the molecule is Cc1cccc(-c2[nH]c(CN3CCNCC3)nc2-c2ccn3ncnc3c2)n1. The number of aromatic amines is 1. The van der Waals surface area contributed by atoms with Gasteiger partial charge in [0.15, 0.2) is 5.65 Å². The fourth-order valence-corrected chi connectivity index (χ4v) is 3.62. The molecule has 1 aliphatic rings. The fraction of sp³-hybridized carbons (Fsp3) is 0.300. The van der Waals surface area contributed by atoms with Crippen molar-refractivity contribution in [2.75, 3.05) is 26.2 Å². The van der Waals surface area contributed by atoms with Crippen LogP contribution in [0.4, 0.5) is 0 Å². The molecular formula is C20H22N8. The first kappa shape index (κ1) is 17.0. The van der Waals surface area contributed by atoms with Gasteiger partial charge in [-0.05, 0) is 31.2 Å². The van der Waals surface area contributed by atoms with Crippen LogP contribution in [-0.2, 0) is 6.54 Å². The average molecular weight is 374 g/mol. The van der Waals surface area contributed by atoms with Crippen LogP contribution < -0.4 is 5.32 Å². The summed E-state index contributed by atoms with van der Waals surface area (Å²) >= 11 is 0. The van der Waals surface area contributed by atoms with Gasteiger partial charge in [-0.1, -0.05) is 6.07 Å². The van der Waals surface area contributed by atoms with Gasteiger partial charge in [-0.3, -0.25) is 9.88 Å². The maximum absolute atomic E-state index is 4.96. The Morgan fingerprint density at radius 3 is 2.86 bits per heavy atom. The Labute approximate surface area is 162 Å². The maximum Gasteiger partial charge on any atom is 0.155 e. The van der Waals surface area contributed by atoms with Crippen LogP contribution >= 0.6 is 0 Å². The molecule has 1 saturated heterocycles. The van der Waals surface area contributed by atoms with Gasteiger partial charge in [0.25, 0.3) is 0 Å². The van der Waals surface area contributed by atoms with Gasteiger partial charge in [0, 0.05) is 43.6 Å². The van der Waals surface area contributed by atoms with Crippen LogP contribution in [0.3, 0.4) is 0 Å². The van der Waals surface area contributed by atoms with Crippen LogP contribution in [0.2, 0.25) is 0 Å². The zero-order valence-corrected chi connectivity index (χ0v) is 15.8. The number of nitrogens with zero attached hydrogens (tertiary/aromatic N) is 6. The van der Waals surface area contributed by atoms with Gasteiger partial charge in [0.05, 0.1) is 23.6 Å². The molecule has 28 heavy (non-hydrogen) atoms. The van der Waals surface area contributed by atoms with Gasteiger partial charge in [0.2, 0.25) is 0 Å². The third-order valence-corrected chi connectivity index (χ3v) is 5.03. The topological polar surface area (TPSA) is 87.0 Å². The molecule has 8 nitrogen and oxygen atoms in total. The number of aryl methyl sites for hydroxylation is 1. The molecule has 0 radical (unpaired) electrons. The molecular weight excluding hydrogens is 352 g/mol. The molecule has 2 N–H and O–H groups in total. The van der Waals surface area contributed by atoms with Crippen molar-refractivity contribution < 1.29 is 0 Å². The first-order chi connectivity index (χ1) is 13.8. The van der Waals surface area contributed by atoms with E-state index in [9.17, 15) is 0 Å². The van der Waals surface area contributed by atoms with Crippen molar-refractivity contribution in [1.29, 1.82) is 0 Å². The summed E-state index contributed by atoms with van der Waals surface area (Å²) in [4.78, 5) is 19.9. The highest BCUT2D eigenvalue weighted by Crippen LogP contribution is 2.30.